The number of hydrogen-bond donors (Lipinski definition) is 0. The van der Waals surface area contributed by atoms with Crippen LogP contribution in [0.5, 0.6) is 0 Å². The summed E-state index contributed by atoms with van der Waals surface area (Å²) < 4.78 is 0. The minimum atomic E-state index is 0.374. The topological polar surface area (TPSA) is 3.24 Å². The van der Waals surface area contributed by atoms with Crippen molar-refractivity contribution in [1.29, 1.82) is 0 Å². The van der Waals surface area contributed by atoms with Crippen molar-refractivity contribution in [2.45, 2.75) is 46.6 Å². The normalized spacial score (nSPS) is 21.5. The Balaban J connectivity index is 2.31. The van der Waals surface area contributed by atoms with Crippen LogP contribution < -0.4 is 4.90 Å². The number of rotatable bonds is 1. The number of nitrogens with zero attached hydrogens (tertiary/aromatic N) is 1. The summed E-state index contributed by atoms with van der Waals surface area (Å²) >= 11 is 0. The zero-order valence-corrected chi connectivity index (χ0v) is 11.0. The number of benzene rings is 1. The highest BCUT2D eigenvalue weighted by atomic mass is 15.2. The Bertz CT molecular complexity index is 362. The van der Waals surface area contributed by atoms with Gasteiger partial charge in [0.05, 0.1) is 0 Å². The number of para-hydroxylation sites is 1. The molecule has 0 bridgehead atoms. The van der Waals surface area contributed by atoms with Gasteiger partial charge in [-0.15, -0.1) is 0 Å². The molecule has 1 aliphatic heterocycles. The second kappa shape index (κ2) is 4.12. The van der Waals surface area contributed by atoms with Crippen LogP contribution in [0.4, 0.5) is 5.69 Å². The van der Waals surface area contributed by atoms with E-state index in [1.807, 2.05) is 0 Å². The summed E-state index contributed by atoms with van der Waals surface area (Å²) in [5.41, 5.74) is 3.21. The average Bonchev–Trinajstić information content (AvgIpc) is 2.66. The molecular formula is C15H23N. The van der Waals surface area contributed by atoms with E-state index in [2.05, 4.69) is 56.9 Å². The minimum Gasteiger partial charge on any atom is -0.368 e. The Morgan fingerprint density at radius 1 is 1.19 bits per heavy atom. The summed E-state index contributed by atoms with van der Waals surface area (Å²) in [7, 11) is 0. The third-order valence-electron chi connectivity index (χ3n) is 3.68. The van der Waals surface area contributed by atoms with Gasteiger partial charge in [0.2, 0.25) is 0 Å². The Morgan fingerprint density at radius 2 is 1.88 bits per heavy atom. The van der Waals surface area contributed by atoms with Gasteiger partial charge in [0.25, 0.3) is 0 Å². The van der Waals surface area contributed by atoms with E-state index >= 15 is 0 Å². The molecule has 0 spiro atoms. The molecule has 1 aliphatic rings. The molecule has 1 heteroatoms. The van der Waals surface area contributed by atoms with Crippen LogP contribution in [0.3, 0.4) is 0 Å². The van der Waals surface area contributed by atoms with Gasteiger partial charge in [-0.3, -0.25) is 0 Å². The van der Waals surface area contributed by atoms with E-state index in [-0.39, 0.29) is 0 Å². The van der Waals surface area contributed by atoms with E-state index in [4.69, 9.17) is 0 Å². The van der Waals surface area contributed by atoms with Gasteiger partial charge in [0, 0.05) is 18.3 Å². The summed E-state index contributed by atoms with van der Waals surface area (Å²) in [6.07, 6.45) is 2.66. The van der Waals surface area contributed by atoms with E-state index in [1.54, 1.807) is 0 Å². The van der Waals surface area contributed by atoms with Crippen molar-refractivity contribution in [3.63, 3.8) is 0 Å². The molecule has 0 amide bonds. The third-order valence-corrected chi connectivity index (χ3v) is 3.68. The molecule has 0 N–H and O–H groups in total. The molecule has 88 valence electrons. The largest absolute Gasteiger partial charge is 0.368 e. The maximum absolute atomic E-state index is 2.61. The smallest absolute Gasteiger partial charge is 0.0398 e. The Labute approximate surface area is 99.5 Å². The van der Waals surface area contributed by atoms with Crippen LogP contribution in [-0.2, 0) is 0 Å². The highest BCUT2D eigenvalue weighted by molar-refractivity contribution is 5.54. The molecule has 1 nitrogen and oxygen atoms in total. The first kappa shape index (κ1) is 11.5. The molecule has 1 aromatic rings. The monoisotopic (exact) mass is 217 g/mol. The molecule has 0 saturated carbocycles. The predicted octanol–water partition coefficient (Wildman–Crippen LogP) is 4.01. The molecule has 0 aromatic heterocycles. The van der Waals surface area contributed by atoms with E-state index in [1.165, 1.54) is 30.6 Å². The summed E-state index contributed by atoms with van der Waals surface area (Å²) in [5, 5.41) is 0. The zero-order chi connectivity index (χ0) is 11.8. The molecular weight excluding hydrogens is 194 g/mol. The van der Waals surface area contributed by atoms with Crippen molar-refractivity contribution in [3.8, 4) is 0 Å². The van der Waals surface area contributed by atoms with Gasteiger partial charge in [0.15, 0.2) is 0 Å². The molecule has 16 heavy (non-hydrogen) atoms. The summed E-state index contributed by atoms with van der Waals surface area (Å²) in [5.74, 6) is 0. The van der Waals surface area contributed by atoms with Gasteiger partial charge in [0.1, 0.15) is 0 Å². The molecule has 1 unspecified atom stereocenters. The maximum Gasteiger partial charge on any atom is 0.0398 e. The van der Waals surface area contributed by atoms with Crippen molar-refractivity contribution in [3.05, 3.63) is 29.8 Å². The standard InChI is InChI=1S/C15H23N/c1-12-8-5-6-9-13(12)16-11-7-10-14(16)15(2,3)4/h5-6,8-9,14H,7,10-11H2,1-4H3. The van der Waals surface area contributed by atoms with Crippen LogP contribution in [0.2, 0.25) is 0 Å². The fourth-order valence-corrected chi connectivity index (χ4v) is 2.84. The summed E-state index contributed by atoms with van der Waals surface area (Å²) in [4.78, 5) is 2.61. The highest BCUT2D eigenvalue weighted by Crippen LogP contribution is 2.37. The third kappa shape index (κ3) is 2.09. The second-order valence-corrected chi connectivity index (χ2v) is 6.00. The van der Waals surface area contributed by atoms with Crippen molar-refractivity contribution < 1.29 is 0 Å². The highest BCUT2D eigenvalue weighted by Gasteiger charge is 2.34. The molecule has 2 rings (SSSR count). The van der Waals surface area contributed by atoms with E-state index in [0.717, 1.165) is 0 Å². The predicted molar refractivity (Wildman–Crippen MR) is 71.0 cm³/mol. The SMILES string of the molecule is Cc1ccccc1N1CCCC1C(C)(C)C. The molecule has 1 fully saturated rings. The molecule has 1 saturated heterocycles. The van der Waals surface area contributed by atoms with Crippen LogP contribution >= 0.6 is 0 Å². The lowest BCUT2D eigenvalue weighted by Gasteiger charge is -2.37. The van der Waals surface area contributed by atoms with E-state index in [0.29, 0.717) is 11.5 Å². The van der Waals surface area contributed by atoms with Gasteiger partial charge in [-0.05, 0) is 36.8 Å². The Morgan fingerprint density at radius 3 is 2.50 bits per heavy atom. The Kier molecular flexibility index (Phi) is 2.96. The molecule has 1 heterocycles. The van der Waals surface area contributed by atoms with Gasteiger partial charge in [-0.2, -0.15) is 0 Å². The molecule has 0 aliphatic carbocycles. The Hall–Kier alpha value is -0.980. The van der Waals surface area contributed by atoms with Crippen molar-refractivity contribution >= 4 is 5.69 Å². The summed E-state index contributed by atoms with van der Waals surface area (Å²) in [6, 6.07) is 9.45. The maximum atomic E-state index is 2.61. The second-order valence-electron chi connectivity index (χ2n) is 6.00. The fourth-order valence-electron chi connectivity index (χ4n) is 2.84. The van der Waals surface area contributed by atoms with Gasteiger partial charge < -0.3 is 4.90 Å². The van der Waals surface area contributed by atoms with Crippen molar-refractivity contribution in [1.82, 2.24) is 0 Å². The zero-order valence-electron chi connectivity index (χ0n) is 11.0. The van der Waals surface area contributed by atoms with E-state index < -0.39 is 0 Å². The fraction of sp³-hybridized carbons (Fsp3) is 0.600. The lowest BCUT2D eigenvalue weighted by Crippen LogP contribution is -2.39. The quantitative estimate of drug-likeness (QED) is 0.687. The van der Waals surface area contributed by atoms with Gasteiger partial charge in [-0.1, -0.05) is 39.0 Å². The summed E-state index contributed by atoms with van der Waals surface area (Å²) in [6.45, 7) is 10.5. The first-order chi connectivity index (χ1) is 7.50. The number of aryl methyl sites for hydroxylation is 1. The van der Waals surface area contributed by atoms with E-state index in [9.17, 15) is 0 Å². The van der Waals surface area contributed by atoms with Crippen LogP contribution in [-0.4, -0.2) is 12.6 Å². The van der Waals surface area contributed by atoms with Crippen LogP contribution in [0.1, 0.15) is 39.2 Å². The van der Waals surface area contributed by atoms with Crippen LogP contribution in [0, 0.1) is 12.3 Å². The van der Waals surface area contributed by atoms with Gasteiger partial charge in [-0.25, -0.2) is 0 Å². The molecule has 0 radical (unpaired) electrons. The number of anilines is 1. The molecule has 1 aromatic carbocycles. The van der Waals surface area contributed by atoms with Crippen molar-refractivity contribution in [2.75, 3.05) is 11.4 Å². The lowest BCUT2D eigenvalue weighted by atomic mass is 9.85. The minimum absolute atomic E-state index is 0.374. The first-order valence-corrected chi connectivity index (χ1v) is 6.32. The first-order valence-electron chi connectivity index (χ1n) is 6.32. The molecule has 1 atom stereocenters. The van der Waals surface area contributed by atoms with Crippen molar-refractivity contribution in [2.24, 2.45) is 5.41 Å². The van der Waals surface area contributed by atoms with Gasteiger partial charge >= 0.3 is 0 Å². The van der Waals surface area contributed by atoms with Crippen LogP contribution in [0.15, 0.2) is 24.3 Å². The number of hydrogen-bond acceptors (Lipinski definition) is 1. The lowest BCUT2D eigenvalue weighted by molar-refractivity contribution is 0.320. The average molecular weight is 217 g/mol. The van der Waals surface area contributed by atoms with Crippen LogP contribution in [0.25, 0.3) is 0 Å².